The molecule has 1 aromatic rings. The van der Waals surface area contributed by atoms with Gasteiger partial charge in [0.05, 0.1) is 78.8 Å². The second kappa shape index (κ2) is 24.2. The number of nitrogens with zero attached hydrogens (tertiary/aromatic N) is 1. The van der Waals surface area contributed by atoms with Crippen LogP contribution in [0, 0.1) is 5.92 Å². The van der Waals surface area contributed by atoms with E-state index in [2.05, 4.69) is 33.6 Å². The molecular formula is C48H75N2O22P3. The number of rotatable bonds is 19. The summed E-state index contributed by atoms with van der Waals surface area (Å²) in [7, 11) is -16.9. The molecule has 6 fully saturated rings. The van der Waals surface area contributed by atoms with Crippen LogP contribution in [0.1, 0.15) is 118 Å². The molecule has 20 atom stereocenters. The number of ether oxygens (including phenoxy) is 6. The van der Waals surface area contributed by atoms with Crippen LogP contribution in [-0.4, -0.2) is 148 Å². The number of aliphatic hydroxyl groups is 4. The van der Waals surface area contributed by atoms with Crippen LogP contribution in [0.2, 0.25) is 0 Å². The lowest BCUT2D eigenvalue weighted by molar-refractivity contribution is -0.273. The number of aliphatic hydroxyl groups excluding tert-OH is 3. The minimum atomic E-state index is -5.86. The number of H-pyrrole nitrogens is 1. The van der Waals surface area contributed by atoms with Crippen molar-refractivity contribution in [2.24, 2.45) is 5.92 Å². The minimum Gasteiger partial charge on any atom is -0.390 e. The van der Waals surface area contributed by atoms with E-state index in [0.29, 0.717) is 69.8 Å². The molecule has 7 heterocycles. The SMILES string of the molecule is C=CC=CCCC1OC2CCC3(C)OC4C(O)CC5(C)OC(CCC=C(C)C(C)=CCOP(=O)(O)OP(=O)(O)OP(=O)(O)OCC6OC(n7ccc(=O)[nH]c7=O)C(O)C6O)C(C)CC5OC4CC3OC2CCC1(C)O. The molecule has 8 N–H and O–H groups in total. The van der Waals surface area contributed by atoms with Crippen LogP contribution < -0.4 is 11.2 Å². The average molecular weight is 1130 g/mol. The number of aromatic nitrogens is 2. The molecule has 7 rings (SSSR count). The number of aromatic amines is 1. The predicted octanol–water partition coefficient (Wildman–Crippen LogP) is 4.81. The Morgan fingerprint density at radius 2 is 1.47 bits per heavy atom. The lowest BCUT2D eigenvalue weighted by Crippen LogP contribution is -2.59. The maximum Gasteiger partial charge on any atom is 0.490 e. The van der Waals surface area contributed by atoms with E-state index in [9.17, 15) is 58.4 Å². The molecule has 24 nitrogen and oxygen atoms in total. The Bertz CT molecular complexity index is 2540. The van der Waals surface area contributed by atoms with E-state index in [1.807, 2.05) is 44.0 Å². The van der Waals surface area contributed by atoms with Crippen molar-refractivity contribution < 1.29 is 94.9 Å². The van der Waals surface area contributed by atoms with Gasteiger partial charge < -0.3 is 63.5 Å². The largest absolute Gasteiger partial charge is 0.490 e. The van der Waals surface area contributed by atoms with Gasteiger partial charge in [0.1, 0.15) is 24.4 Å². The van der Waals surface area contributed by atoms with Gasteiger partial charge in [0.2, 0.25) is 0 Å². The number of hydrogen-bond acceptors (Lipinski definition) is 19. The molecule has 6 aliphatic heterocycles. The number of hydrogen-bond donors (Lipinski definition) is 8. The van der Waals surface area contributed by atoms with E-state index in [1.165, 1.54) is 6.08 Å². The molecule has 0 aromatic carbocycles. The topological polar surface area (TPSA) is 340 Å². The molecular weight excluding hydrogens is 1050 g/mol. The molecule has 424 valence electrons. The zero-order valence-corrected chi connectivity index (χ0v) is 45.8. The minimum absolute atomic E-state index is 0.0897. The maximum absolute atomic E-state index is 12.6. The first-order valence-electron chi connectivity index (χ1n) is 25.4. The van der Waals surface area contributed by atoms with Gasteiger partial charge in [0, 0.05) is 25.1 Å². The summed E-state index contributed by atoms with van der Waals surface area (Å²) in [6.07, 6.45) is 6.29. The molecule has 75 heavy (non-hydrogen) atoms. The number of fused-ring (bicyclic) bond motifs is 4. The van der Waals surface area contributed by atoms with Crippen molar-refractivity contribution in [2.45, 2.75) is 208 Å². The fraction of sp³-hybridized carbons (Fsp3) is 0.750. The summed E-state index contributed by atoms with van der Waals surface area (Å²) in [5, 5.41) is 44.0. The average Bonchev–Trinajstić information content (AvgIpc) is 3.37. The van der Waals surface area contributed by atoms with Crippen LogP contribution in [0.5, 0.6) is 0 Å². The highest BCUT2D eigenvalue weighted by Crippen LogP contribution is 2.68. The van der Waals surface area contributed by atoms with Gasteiger partial charge in [-0.3, -0.25) is 23.4 Å². The number of allylic oxidation sites excluding steroid dienone is 6. The molecule has 1 aromatic heterocycles. The van der Waals surface area contributed by atoms with E-state index in [-0.39, 0.29) is 42.5 Å². The lowest BCUT2D eigenvalue weighted by atomic mass is 9.79. The maximum atomic E-state index is 12.6. The number of phosphoric acid groups is 3. The monoisotopic (exact) mass is 1120 g/mol. The third kappa shape index (κ3) is 14.9. The highest BCUT2D eigenvalue weighted by Gasteiger charge is 2.59. The van der Waals surface area contributed by atoms with Gasteiger partial charge in [-0.1, -0.05) is 55.0 Å². The Morgan fingerprint density at radius 1 is 0.813 bits per heavy atom. The third-order valence-electron chi connectivity index (χ3n) is 15.5. The summed E-state index contributed by atoms with van der Waals surface area (Å²) in [5.41, 5.74) is -2.88. The first kappa shape index (κ1) is 60.3. The van der Waals surface area contributed by atoms with Crippen molar-refractivity contribution in [3.8, 4) is 0 Å². The summed E-state index contributed by atoms with van der Waals surface area (Å²) in [4.78, 5) is 55.7. The molecule has 0 amide bonds. The van der Waals surface area contributed by atoms with Crippen molar-refractivity contribution in [1.82, 2.24) is 9.55 Å². The van der Waals surface area contributed by atoms with E-state index >= 15 is 0 Å². The number of nitrogens with one attached hydrogen (secondary N) is 1. The van der Waals surface area contributed by atoms with Crippen molar-refractivity contribution in [3.05, 3.63) is 81.2 Å². The molecule has 6 saturated heterocycles. The lowest BCUT2D eigenvalue weighted by Gasteiger charge is -2.49. The van der Waals surface area contributed by atoms with Gasteiger partial charge >= 0.3 is 29.2 Å². The van der Waals surface area contributed by atoms with Crippen LogP contribution in [0.25, 0.3) is 0 Å². The second-order valence-electron chi connectivity index (χ2n) is 21.3. The Morgan fingerprint density at radius 3 is 2.17 bits per heavy atom. The van der Waals surface area contributed by atoms with Crippen LogP contribution >= 0.6 is 23.5 Å². The van der Waals surface area contributed by atoms with Crippen molar-refractivity contribution in [2.75, 3.05) is 13.2 Å². The quantitative estimate of drug-likeness (QED) is 0.0680. The fourth-order valence-electron chi connectivity index (χ4n) is 11.0. The summed E-state index contributed by atoms with van der Waals surface area (Å²) in [6.45, 7) is 13.6. The molecule has 6 aliphatic rings. The highest BCUT2D eigenvalue weighted by molar-refractivity contribution is 7.66. The standard InChI is InChI=1S/C48H75N2O22P3/c1-8-9-10-11-15-37-46(5,56)20-16-33-34(65-37)17-21-47(6)39(66-33)25-35-43(70-47)31(51)26-48(7)38(67-35)24-30(4)32(69-48)14-12-13-28(2)29(3)19-23-63-73(57,58)71-75(61,62)72-74(59,60)64-27-36-41(53)42(54)44(68-36)50-22-18-40(52)49-45(50)55/h8-10,13,18-19,22,30-39,41-44,51,53-54,56H,1,11-12,14-17,20-21,23-27H2,2-7H3,(H,57,58)(H,59,60)(H,61,62)(H,49,52,55). The fourth-order valence-corrected chi connectivity index (χ4v) is 14.5. The van der Waals surface area contributed by atoms with E-state index in [4.69, 9.17) is 32.9 Å². The molecule has 0 aliphatic carbocycles. The molecule has 0 bridgehead atoms. The second-order valence-corrected chi connectivity index (χ2v) is 26.0. The van der Waals surface area contributed by atoms with Crippen molar-refractivity contribution in [1.29, 1.82) is 0 Å². The zero-order valence-electron chi connectivity index (χ0n) is 43.1. The first-order valence-corrected chi connectivity index (χ1v) is 29.9. The van der Waals surface area contributed by atoms with Gasteiger partial charge in [-0.15, -0.1) is 0 Å². The summed E-state index contributed by atoms with van der Waals surface area (Å²) >= 11 is 0. The Balaban J connectivity index is 0.869. The molecule has 0 saturated carbocycles. The van der Waals surface area contributed by atoms with E-state index in [1.54, 1.807) is 13.0 Å². The molecule has 0 radical (unpaired) electrons. The van der Waals surface area contributed by atoms with Crippen molar-refractivity contribution in [3.63, 3.8) is 0 Å². The van der Waals surface area contributed by atoms with Crippen LogP contribution in [-0.2, 0) is 59.8 Å². The Hall–Kier alpha value is -2.35. The molecule has 20 unspecified atom stereocenters. The van der Waals surface area contributed by atoms with Crippen molar-refractivity contribution >= 4 is 23.5 Å². The van der Waals surface area contributed by atoms with Gasteiger partial charge in [-0.25, -0.2) is 18.5 Å². The van der Waals surface area contributed by atoms with Gasteiger partial charge in [-0.2, -0.15) is 8.62 Å². The normalized spacial score (nSPS) is 41.1. The third-order valence-corrected chi connectivity index (χ3v) is 19.7. The first-order chi connectivity index (χ1) is 35.0. The Kier molecular flexibility index (Phi) is 19.4. The van der Waals surface area contributed by atoms with Crippen LogP contribution in [0.4, 0.5) is 0 Å². The van der Waals surface area contributed by atoms with Gasteiger partial charge in [0.15, 0.2) is 6.23 Å². The highest BCUT2D eigenvalue weighted by atomic mass is 31.3. The number of phosphoric ester groups is 2. The zero-order chi connectivity index (χ0) is 54.9. The molecule has 27 heteroatoms. The Labute approximate surface area is 435 Å². The van der Waals surface area contributed by atoms with Crippen LogP contribution in [0.3, 0.4) is 0 Å². The van der Waals surface area contributed by atoms with E-state index < -0.39 is 108 Å². The van der Waals surface area contributed by atoms with E-state index in [0.717, 1.165) is 28.8 Å². The van der Waals surface area contributed by atoms with Gasteiger partial charge in [0.25, 0.3) is 5.56 Å². The summed E-state index contributed by atoms with van der Waals surface area (Å²) in [5.74, 6) is 0.0897. The molecule has 0 spiro atoms. The smallest absolute Gasteiger partial charge is 0.390 e. The van der Waals surface area contributed by atoms with Crippen LogP contribution in [0.15, 0.2) is 70.0 Å². The van der Waals surface area contributed by atoms with Gasteiger partial charge in [-0.05, 0) is 98.3 Å². The summed E-state index contributed by atoms with van der Waals surface area (Å²) in [6, 6.07) is 0.937. The summed E-state index contributed by atoms with van der Waals surface area (Å²) < 4.78 is 95.6. The predicted molar refractivity (Wildman–Crippen MR) is 267 cm³/mol.